The lowest BCUT2D eigenvalue weighted by Gasteiger charge is -2.20. The maximum Gasteiger partial charge on any atom is 0.179 e. The van der Waals surface area contributed by atoms with E-state index in [-0.39, 0.29) is 11.3 Å². The largest absolute Gasteiger partial charge is 0.311 e. The first-order valence-corrected chi connectivity index (χ1v) is 7.82. The molecule has 0 fully saturated rings. The van der Waals surface area contributed by atoms with Crippen LogP contribution in [0.4, 0.5) is 0 Å². The van der Waals surface area contributed by atoms with E-state index in [4.69, 9.17) is 0 Å². The Labute approximate surface area is 111 Å². The highest BCUT2D eigenvalue weighted by atomic mass is 32.2. The van der Waals surface area contributed by atoms with E-state index in [0.29, 0.717) is 11.4 Å². The fraction of sp³-hybridized carbons (Fsp3) is 0.571. The molecule has 0 bridgehead atoms. The quantitative estimate of drug-likeness (QED) is 0.913. The molecule has 0 saturated heterocycles. The van der Waals surface area contributed by atoms with Gasteiger partial charge in [-0.05, 0) is 57.9 Å². The van der Waals surface area contributed by atoms with Gasteiger partial charge >= 0.3 is 0 Å². The minimum Gasteiger partial charge on any atom is -0.311 e. The summed E-state index contributed by atoms with van der Waals surface area (Å²) in [7, 11) is -3.18. The van der Waals surface area contributed by atoms with Crippen LogP contribution < -0.4 is 5.32 Å². The molecule has 0 heterocycles. The van der Waals surface area contributed by atoms with Gasteiger partial charge in [-0.2, -0.15) is 0 Å². The summed E-state index contributed by atoms with van der Waals surface area (Å²) in [6.45, 7) is 10.5. The molecule has 18 heavy (non-hydrogen) atoms. The third-order valence-corrected chi connectivity index (χ3v) is 4.58. The maximum absolute atomic E-state index is 12.1. The first kappa shape index (κ1) is 15.2. The zero-order valence-corrected chi connectivity index (χ0v) is 12.7. The Morgan fingerprint density at radius 1 is 1.11 bits per heavy atom. The monoisotopic (exact) mass is 269 g/mol. The Hall–Kier alpha value is -0.870. The Morgan fingerprint density at radius 2 is 1.72 bits per heavy atom. The SMILES string of the molecule is Cc1ccc(S(=O)(=O)CCNC(C)(C)C)cc1C. The molecule has 0 atom stereocenters. The van der Waals surface area contributed by atoms with Gasteiger partial charge in [-0.1, -0.05) is 6.07 Å². The van der Waals surface area contributed by atoms with Crippen LogP contribution in [0.3, 0.4) is 0 Å². The van der Waals surface area contributed by atoms with Crippen LogP contribution in [0.5, 0.6) is 0 Å². The molecule has 0 radical (unpaired) electrons. The molecule has 4 heteroatoms. The van der Waals surface area contributed by atoms with Gasteiger partial charge in [0.2, 0.25) is 0 Å². The standard InChI is InChI=1S/C14H23NO2S/c1-11-6-7-13(10-12(11)2)18(16,17)9-8-15-14(3,4)5/h6-7,10,15H,8-9H2,1-5H3. The van der Waals surface area contributed by atoms with E-state index in [1.165, 1.54) is 0 Å². The van der Waals surface area contributed by atoms with Crippen LogP contribution in [0.2, 0.25) is 0 Å². The van der Waals surface area contributed by atoms with Gasteiger partial charge in [0, 0.05) is 12.1 Å². The van der Waals surface area contributed by atoms with E-state index in [9.17, 15) is 8.42 Å². The molecule has 0 aromatic heterocycles. The number of sulfone groups is 1. The molecule has 102 valence electrons. The normalized spacial score (nSPS) is 12.7. The van der Waals surface area contributed by atoms with Crippen molar-refractivity contribution in [1.82, 2.24) is 5.32 Å². The molecular formula is C14H23NO2S. The Kier molecular flexibility index (Phi) is 4.56. The second kappa shape index (κ2) is 5.41. The van der Waals surface area contributed by atoms with Crippen LogP contribution in [0.25, 0.3) is 0 Å². The Balaban J connectivity index is 2.77. The minimum atomic E-state index is -3.18. The molecule has 0 unspecified atom stereocenters. The summed E-state index contributed by atoms with van der Waals surface area (Å²) in [5.41, 5.74) is 2.07. The van der Waals surface area contributed by atoms with Crippen molar-refractivity contribution in [2.24, 2.45) is 0 Å². The van der Waals surface area contributed by atoms with Gasteiger partial charge in [-0.15, -0.1) is 0 Å². The summed E-state index contributed by atoms with van der Waals surface area (Å²) in [5.74, 6) is 0.132. The topological polar surface area (TPSA) is 46.2 Å². The lowest BCUT2D eigenvalue weighted by atomic mass is 10.1. The van der Waals surface area contributed by atoms with Crippen molar-refractivity contribution in [2.75, 3.05) is 12.3 Å². The minimum absolute atomic E-state index is 0.0568. The van der Waals surface area contributed by atoms with E-state index < -0.39 is 9.84 Å². The second-order valence-corrected chi connectivity index (χ2v) is 7.85. The first-order valence-electron chi connectivity index (χ1n) is 6.17. The van der Waals surface area contributed by atoms with Crippen LogP contribution >= 0.6 is 0 Å². The summed E-state index contributed by atoms with van der Waals surface area (Å²) in [6, 6.07) is 5.30. The number of hydrogen-bond donors (Lipinski definition) is 1. The number of benzene rings is 1. The van der Waals surface area contributed by atoms with Gasteiger partial charge < -0.3 is 5.32 Å². The zero-order valence-electron chi connectivity index (χ0n) is 11.9. The predicted octanol–water partition coefficient (Wildman–Crippen LogP) is 2.47. The van der Waals surface area contributed by atoms with Crippen molar-refractivity contribution in [1.29, 1.82) is 0 Å². The van der Waals surface area contributed by atoms with Crippen molar-refractivity contribution in [3.05, 3.63) is 29.3 Å². The summed E-state index contributed by atoms with van der Waals surface area (Å²) in [6.07, 6.45) is 0. The molecule has 0 saturated carbocycles. The van der Waals surface area contributed by atoms with E-state index in [2.05, 4.69) is 5.32 Å². The third-order valence-electron chi connectivity index (χ3n) is 2.86. The highest BCUT2D eigenvalue weighted by Gasteiger charge is 2.16. The smallest absolute Gasteiger partial charge is 0.179 e. The number of hydrogen-bond acceptors (Lipinski definition) is 3. The van der Waals surface area contributed by atoms with Gasteiger partial charge in [0.1, 0.15) is 0 Å². The highest BCUT2D eigenvalue weighted by molar-refractivity contribution is 7.91. The van der Waals surface area contributed by atoms with Crippen LogP contribution in [0.1, 0.15) is 31.9 Å². The van der Waals surface area contributed by atoms with Crippen molar-refractivity contribution in [3.8, 4) is 0 Å². The summed E-state index contributed by atoms with van der Waals surface area (Å²) >= 11 is 0. The molecule has 0 aliphatic carbocycles. The fourth-order valence-electron chi connectivity index (χ4n) is 1.59. The average molecular weight is 269 g/mol. The molecule has 0 amide bonds. The molecule has 0 aliphatic heterocycles. The Bertz CT molecular complexity index is 513. The van der Waals surface area contributed by atoms with E-state index in [0.717, 1.165) is 11.1 Å². The molecule has 0 spiro atoms. The summed E-state index contributed by atoms with van der Waals surface area (Å²) < 4.78 is 24.3. The number of aryl methyl sites for hydroxylation is 2. The lowest BCUT2D eigenvalue weighted by Crippen LogP contribution is -2.38. The van der Waals surface area contributed by atoms with Crippen molar-refractivity contribution in [2.45, 2.75) is 45.1 Å². The highest BCUT2D eigenvalue weighted by Crippen LogP contribution is 2.16. The van der Waals surface area contributed by atoms with Gasteiger partial charge in [0.25, 0.3) is 0 Å². The van der Waals surface area contributed by atoms with Gasteiger partial charge in [0.15, 0.2) is 9.84 Å². The summed E-state index contributed by atoms with van der Waals surface area (Å²) in [5, 5.41) is 3.19. The Morgan fingerprint density at radius 3 is 2.22 bits per heavy atom. The van der Waals surface area contributed by atoms with Gasteiger partial charge in [-0.3, -0.25) is 0 Å². The second-order valence-electron chi connectivity index (χ2n) is 5.74. The molecule has 1 aromatic rings. The molecule has 1 aromatic carbocycles. The van der Waals surface area contributed by atoms with Gasteiger partial charge in [-0.25, -0.2) is 8.42 Å². The van der Waals surface area contributed by atoms with Crippen LogP contribution in [-0.2, 0) is 9.84 Å². The van der Waals surface area contributed by atoms with Crippen molar-refractivity contribution >= 4 is 9.84 Å². The molecular weight excluding hydrogens is 246 g/mol. The van der Waals surface area contributed by atoms with E-state index >= 15 is 0 Å². The van der Waals surface area contributed by atoms with Crippen molar-refractivity contribution < 1.29 is 8.42 Å². The predicted molar refractivity (Wildman–Crippen MR) is 75.7 cm³/mol. The third kappa shape index (κ3) is 4.42. The fourth-order valence-corrected chi connectivity index (χ4v) is 2.82. The zero-order chi connectivity index (χ0) is 14.0. The van der Waals surface area contributed by atoms with Crippen LogP contribution in [-0.4, -0.2) is 26.3 Å². The van der Waals surface area contributed by atoms with Gasteiger partial charge in [0.05, 0.1) is 10.6 Å². The number of nitrogens with one attached hydrogen (secondary N) is 1. The molecule has 0 aliphatic rings. The first-order chi connectivity index (χ1) is 8.12. The average Bonchev–Trinajstić information content (AvgIpc) is 2.19. The van der Waals surface area contributed by atoms with E-state index in [1.54, 1.807) is 12.1 Å². The molecule has 3 nitrogen and oxygen atoms in total. The molecule has 1 rings (SSSR count). The van der Waals surface area contributed by atoms with Crippen molar-refractivity contribution in [3.63, 3.8) is 0 Å². The van der Waals surface area contributed by atoms with Crippen LogP contribution in [0, 0.1) is 13.8 Å². The summed E-state index contributed by atoms with van der Waals surface area (Å²) in [4.78, 5) is 0.418. The van der Waals surface area contributed by atoms with E-state index in [1.807, 2.05) is 40.7 Å². The van der Waals surface area contributed by atoms with Crippen LogP contribution in [0.15, 0.2) is 23.1 Å². The maximum atomic E-state index is 12.1. The number of rotatable bonds is 4. The molecule has 1 N–H and O–H groups in total. The lowest BCUT2D eigenvalue weighted by molar-refractivity contribution is 0.438.